The van der Waals surface area contributed by atoms with E-state index in [0.717, 1.165) is 25.1 Å². The van der Waals surface area contributed by atoms with Crippen LogP contribution in [0.1, 0.15) is 19.8 Å². The SMILES string of the molecule is CCCCNc1nccc(Nc2ccc(OC)c(Cl)c2)n1. The Kier molecular flexibility index (Phi) is 5.63. The molecule has 2 N–H and O–H groups in total. The highest BCUT2D eigenvalue weighted by Crippen LogP contribution is 2.28. The predicted octanol–water partition coefficient (Wildman–Crippen LogP) is 4.09. The number of nitrogens with one attached hydrogen (secondary N) is 2. The second kappa shape index (κ2) is 7.69. The summed E-state index contributed by atoms with van der Waals surface area (Å²) in [5.74, 6) is 1.98. The maximum Gasteiger partial charge on any atom is 0.224 e. The molecule has 21 heavy (non-hydrogen) atoms. The van der Waals surface area contributed by atoms with Crippen LogP contribution in [0.5, 0.6) is 5.75 Å². The topological polar surface area (TPSA) is 59.1 Å². The molecule has 0 saturated carbocycles. The molecule has 2 aromatic rings. The van der Waals surface area contributed by atoms with Crippen LogP contribution in [0.4, 0.5) is 17.5 Å². The molecular formula is C15H19ClN4O. The number of methoxy groups -OCH3 is 1. The predicted molar refractivity (Wildman–Crippen MR) is 86.7 cm³/mol. The van der Waals surface area contributed by atoms with E-state index in [2.05, 4.69) is 27.5 Å². The first-order chi connectivity index (χ1) is 10.2. The molecule has 0 bridgehead atoms. The van der Waals surface area contributed by atoms with Gasteiger partial charge in [0, 0.05) is 18.4 Å². The van der Waals surface area contributed by atoms with Crippen molar-refractivity contribution in [3.63, 3.8) is 0 Å². The Morgan fingerprint density at radius 1 is 1.29 bits per heavy atom. The molecule has 112 valence electrons. The molecule has 6 heteroatoms. The molecule has 0 aliphatic carbocycles. The van der Waals surface area contributed by atoms with Crippen LogP contribution in [0.2, 0.25) is 5.02 Å². The molecule has 0 aliphatic heterocycles. The van der Waals surface area contributed by atoms with E-state index < -0.39 is 0 Å². The highest BCUT2D eigenvalue weighted by Gasteiger charge is 2.03. The Bertz CT molecular complexity index is 592. The molecule has 0 fully saturated rings. The fraction of sp³-hybridized carbons (Fsp3) is 0.333. The third-order valence-corrected chi connectivity index (χ3v) is 3.19. The monoisotopic (exact) mass is 306 g/mol. The number of aromatic nitrogens is 2. The molecule has 1 aromatic carbocycles. The van der Waals surface area contributed by atoms with Crippen molar-refractivity contribution in [1.29, 1.82) is 0 Å². The van der Waals surface area contributed by atoms with Gasteiger partial charge in [-0.05, 0) is 30.7 Å². The second-order valence-corrected chi connectivity index (χ2v) is 4.93. The minimum atomic E-state index is 0.554. The molecule has 0 unspecified atom stereocenters. The molecule has 2 rings (SSSR count). The van der Waals surface area contributed by atoms with Crippen LogP contribution in [0.3, 0.4) is 0 Å². The zero-order valence-corrected chi connectivity index (χ0v) is 12.9. The lowest BCUT2D eigenvalue weighted by Crippen LogP contribution is -2.06. The molecule has 0 radical (unpaired) electrons. The highest BCUT2D eigenvalue weighted by molar-refractivity contribution is 6.32. The Balaban J connectivity index is 2.05. The van der Waals surface area contributed by atoms with Gasteiger partial charge in [-0.15, -0.1) is 0 Å². The first-order valence-corrected chi connectivity index (χ1v) is 7.28. The number of anilines is 3. The van der Waals surface area contributed by atoms with Crippen molar-refractivity contribution < 1.29 is 4.74 Å². The summed E-state index contributed by atoms with van der Waals surface area (Å²) in [6.45, 7) is 3.02. The minimum Gasteiger partial charge on any atom is -0.495 e. The number of unbranched alkanes of at least 4 members (excludes halogenated alkanes) is 1. The number of nitrogens with zero attached hydrogens (tertiary/aromatic N) is 2. The van der Waals surface area contributed by atoms with Gasteiger partial charge in [0.2, 0.25) is 5.95 Å². The summed E-state index contributed by atoms with van der Waals surface area (Å²) in [6, 6.07) is 7.30. The van der Waals surface area contributed by atoms with Gasteiger partial charge < -0.3 is 15.4 Å². The van der Waals surface area contributed by atoms with Gasteiger partial charge in [-0.1, -0.05) is 24.9 Å². The summed E-state index contributed by atoms with van der Waals surface area (Å²) in [5, 5.41) is 6.94. The number of benzene rings is 1. The molecule has 0 amide bonds. The summed E-state index contributed by atoms with van der Waals surface area (Å²) < 4.78 is 5.13. The van der Waals surface area contributed by atoms with Crippen molar-refractivity contribution in [3.05, 3.63) is 35.5 Å². The normalized spacial score (nSPS) is 10.2. The van der Waals surface area contributed by atoms with Gasteiger partial charge in [0.15, 0.2) is 0 Å². The Morgan fingerprint density at radius 3 is 2.86 bits per heavy atom. The fourth-order valence-electron chi connectivity index (χ4n) is 1.78. The van der Waals surface area contributed by atoms with Gasteiger partial charge >= 0.3 is 0 Å². The number of ether oxygens (including phenoxy) is 1. The lowest BCUT2D eigenvalue weighted by atomic mass is 10.3. The van der Waals surface area contributed by atoms with E-state index in [0.29, 0.717) is 22.5 Å². The van der Waals surface area contributed by atoms with Gasteiger partial charge in [-0.2, -0.15) is 4.98 Å². The van der Waals surface area contributed by atoms with Crippen molar-refractivity contribution in [3.8, 4) is 5.75 Å². The third-order valence-electron chi connectivity index (χ3n) is 2.89. The fourth-order valence-corrected chi connectivity index (χ4v) is 2.04. The first-order valence-electron chi connectivity index (χ1n) is 6.90. The summed E-state index contributed by atoms with van der Waals surface area (Å²) in [7, 11) is 1.59. The smallest absolute Gasteiger partial charge is 0.224 e. The standard InChI is InChI=1S/C15H19ClN4O/c1-3-4-8-17-15-18-9-7-14(20-15)19-11-5-6-13(21-2)12(16)10-11/h5-7,9-10H,3-4,8H2,1-2H3,(H2,17,18,19,20). The molecular weight excluding hydrogens is 288 g/mol. The van der Waals surface area contributed by atoms with E-state index in [1.807, 2.05) is 18.2 Å². The summed E-state index contributed by atoms with van der Waals surface area (Å²) in [6.07, 6.45) is 3.94. The lowest BCUT2D eigenvalue weighted by molar-refractivity contribution is 0.415. The van der Waals surface area contributed by atoms with Crippen molar-refractivity contribution in [2.75, 3.05) is 24.3 Å². The Hall–Kier alpha value is -2.01. The number of rotatable bonds is 7. The van der Waals surface area contributed by atoms with Gasteiger partial charge in [-0.25, -0.2) is 4.98 Å². The minimum absolute atomic E-state index is 0.554. The molecule has 0 aliphatic rings. The molecule has 1 aromatic heterocycles. The quantitative estimate of drug-likeness (QED) is 0.754. The lowest BCUT2D eigenvalue weighted by Gasteiger charge is -2.09. The zero-order chi connectivity index (χ0) is 15.1. The highest BCUT2D eigenvalue weighted by atomic mass is 35.5. The van der Waals surface area contributed by atoms with Crippen LogP contribution in [0.25, 0.3) is 0 Å². The summed E-state index contributed by atoms with van der Waals surface area (Å²) in [5.41, 5.74) is 0.846. The molecule has 5 nitrogen and oxygen atoms in total. The molecule has 0 saturated heterocycles. The number of hydrogen-bond acceptors (Lipinski definition) is 5. The van der Waals surface area contributed by atoms with E-state index >= 15 is 0 Å². The third kappa shape index (κ3) is 4.49. The van der Waals surface area contributed by atoms with Crippen LogP contribution in [0, 0.1) is 0 Å². The zero-order valence-electron chi connectivity index (χ0n) is 12.2. The second-order valence-electron chi connectivity index (χ2n) is 4.52. The van der Waals surface area contributed by atoms with E-state index in [1.165, 1.54) is 0 Å². The number of hydrogen-bond donors (Lipinski definition) is 2. The van der Waals surface area contributed by atoms with E-state index in [1.54, 1.807) is 19.4 Å². The molecule has 1 heterocycles. The molecule has 0 atom stereocenters. The van der Waals surface area contributed by atoms with E-state index in [-0.39, 0.29) is 0 Å². The largest absolute Gasteiger partial charge is 0.495 e. The first kappa shape index (κ1) is 15.4. The van der Waals surface area contributed by atoms with Gasteiger partial charge in [0.25, 0.3) is 0 Å². The summed E-state index contributed by atoms with van der Waals surface area (Å²) in [4.78, 5) is 8.59. The van der Waals surface area contributed by atoms with Gasteiger partial charge in [-0.3, -0.25) is 0 Å². The molecule has 0 spiro atoms. The summed E-state index contributed by atoms with van der Waals surface area (Å²) >= 11 is 6.10. The number of halogens is 1. The van der Waals surface area contributed by atoms with Crippen LogP contribution < -0.4 is 15.4 Å². The van der Waals surface area contributed by atoms with E-state index in [4.69, 9.17) is 16.3 Å². The van der Waals surface area contributed by atoms with Gasteiger partial charge in [0.05, 0.1) is 12.1 Å². The van der Waals surface area contributed by atoms with Crippen molar-refractivity contribution in [2.24, 2.45) is 0 Å². The van der Waals surface area contributed by atoms with Crippen molar-refractivity contribution >= 4 is 29.1 Å². The van der Waals surface area contributed by atoms with Crippen molar-refractivity contribution in [2.45, 2.75) is 19.8 Å². The van der Waals surface area contributed by atoms with Crippen LogP contribution in [-0.2, 0) is 0 Å². The van der Waals surface area contributed by atoms with Crippen LogP contribution >= 0.6 is 11.6 Å². The average Bonchev–Trinajstić information content (AvgIpc) is 2.48. The van der Waals surface area contributed by atoms with Crippen LogP contribution in [0.15, 0.2) is 30.5 Å². The van der Waals surface area contributed by atoms with Crippen molar-refractivity contribution in [1.82, 2.24) is 9.97 Å². The maximum absolute atomic E-state index is 6.10. The average molecular weight is 307 g/mol. The Labute approximate surface area is 129 Å². The maximum atomic E-state index is 6.10. The Morgan fingerprint density at radius 2 is 2.14 bits per heavy atom. The van der Waals surface area contributed by atoms with Crippen LogP contribution in [-0.4, -0.2) is 23.6 Å². The van der Waals surface area contributed by atoms with E-state index in [9.17, 15) is 0 Å². The van der Waals surface area contributed by atoms with Gasteiger partial charge in [0.1, 0.15) is 11.6 Å².